The predicted octanol–water partition coefficient (Wildman–Crippen LogP) is 0.848. The number of nitrogens with zero attached hydrogens (tertiary/aromatic N) is 1. The molecule has 0 aliphatic carbocycles. The first-order chi connectivity index (χ1) is 10.3. The molecular weight excluding hydrogens is 270 g/mol. The van der Waals surface area contributed by atoms with Crippen LogP contribution in [0, 0.1) is 0 Å². The summed E-state index contributed by atoms with van der Waals surface area (Å²) in [5, 5.41) is 5.01. The van der Waals surface area contributed by atoms with Crippen LogP contribution < -0.4 is 10.6 Å². The Labute approximate surface area is 124 Å². The lowest BCUT2D eigenvalue weighted by Crippen LogP contribution is -2.41. The Morgan fingerprint density at radius 2 is 1.86 bits per heavy atom. The normalized spacial score (nSPS) is 15.4. The number of carbonyl (C=O) groups is 2. The van der Waals surface area contributed by atoms with Crippen LogP contribution in [0.25, 0.3) is 0 Å². The Morgan fingerprint density at radius 1 is 1.14 bits per heavy atom. The molecule has 0 radical (unpaired) electrons. The number of benzene rings is 1. The Hall–Kier alpha value is -1.92. The van der Waals surface area contributed by atoms with Crippen molar-refractivity contribution >= 4 is 11.9 Å². The molecule has 0 saturated carbocycles. The summed E-state index contributed by atoms with van der Waals surface area (Å²) in [5.74, 6) is -0.388. The minimum Gasteiger partial charge on any atom is -0.379 e. The maximum atomic E-state index is 11.7. The van der Waals surface area contributed by atoms with Crippen LogP contribution in [0.2, 0.25) is 0 Å². The number of morpholine rings is 1. The Kier molecular flexibility index (Phi) is 6.18. The van der Waals surface area contributed by atoms with Gasteiger partial charge < -0.3 is 10.1 Å². The molecule has 1 heterocycles. The lowest BCUT2D eigenvalue weighted by atomic mass is 10.2. The highest BCUT2D eigenvalue weighted by Gasteiger charge is 2.11. The van der Waals surface area contributed by atoms with E-state index in [-0.39, 0.29) is 5.91 Å². The molecule has 6 nitrogen and oxygen atoms in total. The first kappa shape index (κ1) is 15.5. The molecule has 1 aliphatic rings. The van der Waals surface area contributed by atoms with Crippen molar-refractivity contribution in [3.8, 4) is 0 Å². The van der Waals surface area contributed by atoms with Crippen molar-refractivity contribution in [1.29, 1.82) is 0 Å². The number of urea groups is 1. The maximum absolute atomic E-state index is 11.7. The smallest absolute Gasteiger partial charge is 0.321 e. The quantitative estimate of drug-likeness (QED) is 0.789. The first-order valence-corrected chi connectivity index (χ1v) is 7.20. The summed E-state index contributed by atoms with van der Waals surface area (Å²) in [6, 6.07) is 8.22. The number of imide groups is 1. The van der Waals surface area contributed by atoms with Crippen LogP contribution in [0.4, 0.5) is 4.79 Å². The van der Waals surface area contributed by atoms with Gasteiger partial charge in [0.05, 0.1) is 13.2 Å². The fourth-order valence-corrected chi connectivity index (χ4v) is 2.14. The van der Waals surface area contributed by atoms with Crippen LogP contribution in [-0.4, -0.2) is 56.2 Å². The average molecular weight is 291 g/mol. The van der Waals surface area contributed by atoms with Crippen LogP contribution in [0.15, 0.2) is 30.3 Å². The van der Waals surface area contributed by atoms with Gasteiger partial charge in [0.2, 0.25) is 0 Å². The van der Waals surface area contributed by atoms with Gasteiger partial charge in [-0.05, 0) is 25.1 Å². The molecule has 3 amide bonds. The summed E-state index contributed by atoms with van der Waals surface area (Å²) in [6.45, 7) is 4.91. The first-order valence-electron chi connectivity index (χ1n) is 7.20. The van der Waals surface area contributed by atoms with Gasteiger partial charge in [-0.1, -0.05) is 18.2 Å². The summed E-state index contributed by atoms with van der Waals surface area (Å²) in [5.41, 5.74) is 0.473. The fraction of sp³-hybridized carbons (Fsp3) is 0.467. The summed E-state index contributed by atoms with van der Waals surface area (Å²) >= 11 is 0. The topological polar surface area (TPSA) is 70.7 Å². The minimum absolute atomic E-state index is 0.388. The number of hydrogen-bond donors (Lipinski definition) is 2. The van der Waals surface area contributed by atoms with E-state index in [1.54, 1.807) is 24.3 Å². The summed E-state index contributed by atoms with van der Waals surface area (Å²) in [4.78, 5) is 25.6. The Bertz CT molecular complexity index is 458. The average Bonchev–Trinajstić information content (AvgIpc) is 2.53. The van der Waals surface area contributed by atoms with Gasteiger partial charge in [-0.15, -0.1) is 0 Å². The molecule has 1 fully saturated rings. The monoisotopic (exact) mass is 291 g/mol. The number of carbonyl (C=O) groups excluding carboxylic acids is 2. The van der Waals surface area contributed by atoms with E-state index in [0.29, 0.717) is 12.1 Å². The summed E-state index contributed by atoms with van der Waals surface area (Å²) in [6.07, 6.45) is 0.854. The van der Waals surface area contributed by atoms with Gasteiger partial charge in [-0.3, -0.25) is 15.0 Å². The van der Waals surface area contributed by atoms with Crippen molar-refractivity contribution in [2.45, 2.75) is 6.42 Å². The second-order valence-corrected chi connectivity index (χ2v) is 4.88. The third-order valence-corrected chi connectivity index (χ3v) is 3.30. The van der Waals surface area contributed by atoms with Crippen LogP contribution in [0.3, 0.4) is 0 Å². The third-order valence-electron chi connectivity index (χ3n) is 3.30. The van der Waals surface area contributed by atoms with Crippen LogP contribution >= 0.6 is 0 Å². The third kappa shape index (κ3) is 5.53. The number of rotatable bonds is 5. The van der Waals surface area contributed by atoms with Crippen molar-refractivity contribution in [2.24, 2.45) is 0 Å². The Balaban J connectivity index is 1.60. The van der Waals surface area contributed by atoms with E-state index in [2.05, 4.69) is 15.5 Å². The zero-order valence-corrected chi connectivity index (χ0v) is 12.0. The zero-order chi connectivity index (χ0) is 14.9. The van der Waals surface area contributed by atoms with Crippen LogP contribution in [0.5, 0.6) is 0 Å². The van der Waals surface area contributed by atoms with E-state index in [9.17, 15) is 9.59 Å². The van der Waals surface area contributed by atoms with Crippen molar-refractivity contribution in [3.05, 3.63) is 35.9 Å². The van der Waals surface area contributed by atoms with Crippen molar-refractivity contribution in [2.75, 3.05) is 39.4 Å². The second-order valence-electron chi connectivity index (χ2n) is 4.88. The molecule has 1 aromatic rings. The van der Waals surface area contributed by atoms with Gasteiger partial charge in [0.1, 0.15) is 0 Å². The van der Waals surface area contributed by atoms with Gasteiger partial charge in [0.15, 0.2) is 0 Å². The standard InChI is InChI=1S/C15H21N3O3/c19-14(13-5-2-1-3-6-13)17-15(20)16-7-4-8-18-9-11-21-12-10-18/h1-3,5-6H,4,7-12H2,(H2,16,17,19,20). The van der Waals surface area contributed by atoms with Gasteiger partial charge in [-0.25, -0.2) is 4.79 Å². The van der Waals surface area contributed by atoms with E-state index in [0.717, 1.165) is 39.3 Å². The SMILES string of the molecule is O=C(NCCCN1CCOCC1)NC(=O)c1ccccc1. The number of ether oxygens (including phenoxy) is 1. The molecule has 6 heteroatoms. The van der Waals surface area contributed by atoms with E-state index >= 15 is 0 Å². The lowest BCUT2D eigenvalue weighted by molar-refractivity contribution is 0.0375. The minimum atomic E-state index is -0.453. The summed E-state index contributed by atoms with van der Waals surface area (Å²) < 4.78 is 5.27. The van der Waals surface area contributed by atoms with E-state index in [1.807, 2.05) is 6.07 Å². The Morgan fingerprint density at radius 3 is 2.57 bits per heavy atom. The number of amides is 3. The predicted molar refractivity (Wildman–Crippen MR) is 79.2 cm³/mol. The summed E-state index contributed by atoms with van der Waals surface area (Å²) in [7, 11) is 0. The molecule has 21 heavy (non-hydrogen) atoms. The van der Waals surface area contributed by atoms with E-state index in [4.69, 9.17) is 4.74 Å². The molecule has 2 rings (SSSR count). The number of hydrogen-bond acceptors (Lipinski definition) is 4. The molecule has 0 unspecified atom stereocenters. The fourth-order valence-electron chi connectivity index (χ4n) is 2.14. The molecule has 0 aromatic heterocycles. The van der Waals surface area contributed by atoms with Gasteiger partial charge in [0, 0.05) is 25.2 Å². The highest BCUT2D eigenvalue weighted by atomic mass is 16.5. The van der Waals surface area contributed by atoms with E-state index < -0.39 is 6.03 Å². The molecule has 0 spiro atoms. The van der Waals surface area contributed by atoms with Crippen molar-refractivity contribution in [1.82, 2.24) is 15.5 Å². The molecule has 114 valence electrons. The molecular formula is C15H21N3O3. The molecule has 0 atom stereocenters. The van der Waals surface area contributed by atoms with Gasteiger partial charge >= 0.3 is 6.03 Å². The lowest BCUT2D eigenvalue weighted by Gasteiger charge is -2.26. The highest BCUT2D eigenvalue weighted by Crippen LogP contribution is 1.98. The van der Waals surface area contributed by atoms with Crippen LogP contribution in [-0.2, 0) is 4.74 Å². The second kappa shape index (κ2) is 8.39. The van der Waals surface area contributed by atoms with Crippen LogP contribution in [0.1, 0.15) is 16.8 Å². The van der Waals surface area contributed by atoms with Gasteiger partial charge in [0.25, 0.3) is 5.91 Å². The number of nitrogens with one attached hydrogen (secondary N) is 2. The van der Waals surface area contributed by atoms with Crippen molar-refractivity contribution < 1.29 is 14.3 Å². The van der Waals surface area contributed by atoms with E-state index in [1.165, 1.54) is 0 Å². The molecule has 2 N–H and O–H groups in total. The maximum Gasteiger partial charge on any atom is 0.321 e. The largest absolute Gasteiger partial charge is 0.379 e. The molecule has 0 bridgehead atoms. The zero-order valence-electron chi connectivity index (χ0n) is 12.0. The molecule has 1 aliphatic heterocycles. The highest BCUT2D eigenvalue weighted by molar-refractivity contribution is 6.04. The molecule has 1 aromatic carbocycles. The molecule has 1 saturated heterocycles. The van der Waals surface area contributed by atoms with Crippen molar-refractivity contribution in [3.63, 3.8) is 0 Å². The van der Waals surface area contributed by atoms with Gasteiger partial charge in [-0.2, -0.15) is 0 Å².